The highest BCUT2D eigenvalue weighted by Gasteiger charge is 2.20. The summed E-state index contributed by atoms with van der Waals surface area (Å²) in [7, 11) is 0. The number of fused-ring (bicyclic) bond motifs is 1. The molecule has 3 rings (SSSR count). The molecule has 2 N–H and O–H groups in total. The van der Waals surface area contributed by atoms with E-state index in [9.17, 15) is 0 Å². The zero-order valence-electron chi connectivity index (χ0n) is 9.93. The van der Waals surface area contributed by atoms with E-state index < -0.39 is 0 Å². The number of para-hydroxylation sites is 1. The molecule has 1 aromatic carbocycles. The van der Waals surface area contributed by atoms with Crippen molar-refractivity contribution < 1.29 is 0 Å². The van der Waals surface area contributed by atoms with E-state index in [1.807, 2.05) is 6.07 Å². The van der Waals surface area contributed by atoms with Crippen LogP contribution in [0.2, 0.25) is 0 Å². The van der Waals surface area contributed by atoms with Gasteiger partial charge in [0.25, 0.3) is 0 Å². The lowest BCUT2D eigenvalue weighted by atomic mass is 9.80. The van der Waals surface area contributed by atoms with Crippen LogP contribution in [0.4, 0.5) is 0 Å². The molecule has 1 atom stereocenters. The molecular formula is C14H18N2S. The maximum Gasteiger partial charge on any atom is 0.0954 e. The Bertz CT molecular complexity index is 469. The van der Waals surface area contributed by atoms with Crippen molar-refractivity contribution in [1.82, 2.24) is 4.98 Å². The van der Waals surface area contributed by atoms with Gasteiger partial charge in [0.15, 0.2) is 0 Å². The third-order valence-electron chi connectivity index (χ3n) is 3.64. The third-order valence-corrected chi connectivity index (χ3v) is 4.69. The maximum absolute atomic E-state index is 6.20. The van der Waals surface area contributed by atoms with Crippen molar-refractivity contribution in [3.05, 3.63) is 29.3 Å². The van der Waals surface area contributed by atoms with Gasteiger partial charge in [0.2, 0.25) is 0 Å². The van der Waals surface area contributed by atoms with E-state index >= 15 is 0 Å². The highest BCUT2D eigenvalue weighted by atomic mass is 32.1. The smallest absolute Gasteiger partial charge is 0.0954 e. The standard InChI is InChI=1S/C14H18N2S/c15-11(8-10-4-3-5-10)9-14-16-12-6-1-2-7-13(12)17-14/h1-2,6-7,10-11H,3-5,8-9,15H2. The minimum Gasteiger partial charge on any atom is -0.327 e. The Hall–Kier alpha value is -0.930. The monoisotopic (exact) mass is 246 g/mol. The number of hydrogen-bond acceptors (Lipinski definition) is 3. The molecular weight excluding hydrogens is 228 g/mol. The molecule has 0 bridgehead atoms. The van der Waals surface area contributed by atoms with Gasteiger partial charge in [0.05, 0.1) is 15.2 Å². The van der Waals surface area contributed by atoms with Gasteiger partial charge < -0.3 is 5.73 Å². The van der Waals surface area contributed by atoms with Crippen LogP contribution in [-0.2, 0) is 6.42 Å². The van der Waals surface area contributed by atoms with Crippen molar-refractivity contribution in [2.45, 2.75) is 38.1 Å². The van der Waals surface area contributed by atoms with Gasteiger partial charge >= 0.3 is 0 Å². The fourth-order valence-corrected chi connectivity index (χ4v) is 3.53. The lowest BCUT2D eigenvalue weighted by Gasteiger charge is -2.27. The second-order valence-electron chi connectivity index (χ2n) is 5.07. The van der Waals surface area contributed by atoms with E-state index in [1.165, 1.54) is 35.4 Å². The Kier molecular flexibility index (Phi) is 3.12. The molecule has 0 spiro atoms. The first-order valence-corrected chi connectivity index (χ1v) is 7.23. The first kappa shape index (κ1) is 11.2. The first-order chi connectivity index (χ1) is 8.31. The number of aromatic nitrogens is 1. The van der Waals surface area contributed by atoms with Crippen LogP contribution in [0, 0.1) is 5.92 Å². The van der Waals surface area contributed by atoms with E-state index in [2.05, 4.69) is 23.2 Å². The van der Waals surface area contributed by atoms with Crippen molar-refractivity contribution in [1.29, 1.82) is 0 Å². The van der Waals surface area contributed by atoms with E-state index in [0.29, 0.717) is 6.04 Å². The van der Waals surface area contributed by atoms with Gasteiger partial charge in [-0.2, -0.15) is 0 Å². The van der Waals surface area contributed by atoms with Crippen LogP contribution in [0.1, 0.15) is 30.7 Å². The molecule has 0 aliphatic heterocycles. The minimum absolute atomic E-state index is 0.292. The van der Waals surface area contributed by atoms with Crippen LogP contribution in [0.5, 0.6) is 0 Å². The summed E-state index contributed by atoms with van der Waals surface area (Å²) in [6.07, 6.45) is 6.28. The van der Waals surface area contributed by atoms with Gasteiger partial charge in [0.1, 0.15) is 0 Å². The second kappa shape index (κ2) is 4.75. The lowest BCUT2D eigenvalue weighted by molar-refractivity contribution is 0.275. The molecule has 2 aromatic rings. The minimum atomic E-state index is 0.292. The quantitative estimate of drug-likeness (QED) is 0.898. The predicted molar refractivity (Wildman–Crippen MR) is 73.3 cm³/mol. The van der Waals surface area contributed by atoms with Crippen LogP contribution in [-0.4, -0.2) is 11.0 Å². The molecule has 2 nitrogen and oxygen atoms in total. The number of thiazole rings is 1. The molecule has 1 heterocycles. The number of nitrogens with zero attached hydrogens (tertiary/aromatic N) is 1. The highest BCUT2D eigenvalue weighted by Crippen LogP contribution is 2.31. The van der Waals surface area contributed by atoms with Crippen LogP contribution in [0.25, 0.3) is 10.2 Å². The van der Waals surface area contributed by atoms with Gasteiger partial charge in [-0.05, 0) is 24.5 Å². The molecule has 0 saturated heterocycles. The summed E-state index contributed by atoms with van der Waals surface area (Å²) < 4.78 is 1.28. The molecule has 0 amide bonds. The fourth-order valence-electron chi connectivity index (χ4n) is 2.47. The van der Waals surface area contributed by atoms with Crippen LogP contribution >= 0.6 is 11.3 Å². The molecule has 1 aromatic heterocycles. The molecule has 17 heavy (non-hydrogen) atoms. The molecule has 1 aliphatic rings. The van der Waals surface area contributed by atoms with Crippen molar-refractivity contribution >= 4 is 21.6 Å². The van der Waals surface area contributed by atoms with Crippen LogP contribution < -0.4 is 5.73 Å². The third kappa shape index (κ3) is 2.50. The summed E-state index contributed by atoms with van der Waals surface area (Å²) in [4.78, 5) is 4.64. The van der Waals surface area contributed by atoms with Crippen molar-refractivity contribution in [3.63, 3.8) is 0 Å². The average Bonchev–Trinajstić information content (AvgIpc) is 2.65. The Morgan fingerprint density at radius 3 is 2.88 bits per heavy atom. The zero-order valence-corrected chi connectivity index (χ0v) is 10.7. The van der Waals surface area contributed by atoms with Crippen molar-refractivity contribution in [2.24, 2.45) is 11.7 Å². The second-order valence-corrected chi connectivity index (χ2v) is 6.19. The molecule has 1 aliphatic carbocycles. The molecule has 90 valence electrons. The summed E-state index contributed by atoms with van der Waals surface area (Å²) in [5.74, 6) is 0.888. The average molecular weight is 246 g/mol. The fraction of sp³-hybridized carbons (Fsp3) is 0.500. The largest absolute Gasteiger partial charge is 0.327 e. The SMILES string of the molecule is NC(Cc1nc2ccccc2s1)CC1CCC1. The van der Waals surface area contributed by atoms with E-state index in [0.717, 1.165) is 17.9 Å². The number of nitrogens with two attached hydrogens (primary N) is 1. The summed E-state index contributed by atoms with van der Waals surface area (Å²) in [6, 6.07) is 8.61. The Morgan fingerprint density at radius 2 is 2.18 bits per heavy atom. The number of rotatable bonds is 4. The summed E-state index contributed by atoms with van der Waals surface area (Å²) in [5, 5.41) is 1.19. The molecule has 0 radical (unpaired) electrons. The first-order valence-electron chi connectivity index (χ1n) is 6.41. The van der Waals surface area contributed by atoms with Crippen LogP contribution in [0.3, 0.4) is 0 Å². The molecule has 3 heteroatoms. The van der Waals surface area contributed by atoms with Gasteiger partial charge in [0, 0.05) is 12.5 Å². The number of hydrogen-bond donors (Lipinski definition) is 1. The van der Waals surface area contributed by atoms with E-state index in [1.54, 1.807) is 11.3 Å². The lowest BCUT2D eigenvalue weighted by Crippen LogP contribution is -2.28. The summed E-state index contributed by atoms with van der Waals surface area (Å²) in [5.41, 5.74) is 7.32. The molecule has 1 unspecified atom stereocenters. The normalized spacial score (nSPS) is 18.2. The summed E-state index contributed by atoms with van der Waals surface area (Å²) in [6.45, 7) is 0. The Morgan fingerprint density at radius 1 is 1.35 bits per heavy atom. The van der Waals surface area contributed by atoms with E-state index in [4.69, 9.17) is 5.73 Å². The highest BCUT2D eigenvalue weighted by molar-refractivity contribution is 7.18. The zero-order chi connectivity index (χ0) is 11.7. The van der Waals surface area contributed by atoms with Crippen LogP contribution in [0.15, 0.2) is 24.3 Å². The van der Waals surface area contributed by atoms with Crippen molar-refractivity contribution in [3.8, 4) is 0 Å². The Labute approximate surface area is 106 Å². The van der Waals surface area contributed by atoms with Crippen molar-refractivity contribution in [2.75, 3.05) is 0 Å². The molecule has 1 fully saturated rings. The Balaban J connectivity index is 1.66. The predicted octanol–water partition coefficient (Wildman–Crippen LogP) is 3.36. The van der Waals surface area contributed by atoms with Gasteiger partial charge in [-0.25, -0.2) is 4.98 Å². The van der Waals surface area contributed by atoms with Gasteiger partial charge in [-0.15, -0.1) is 11.3 Å². The summed E-state index contributed by atoms with van der Waals surface area (Å²) >= 11 is 1.79. The maximum atomic E-state index is 6.20. The number of benzene rings is 1. The van der Waals surface area contributed by atoms with E-state index in [-0.39, 0.29) is 0 Å². The van der Waals surface area contributed by atoms with Gasteiger partial charge in [-0.3, -0.25) is 0 Å². The van der Waals surface area contributed by atoms with Gasteiger partial charge in [-0.1, -0.05) is 31.4 Å². The molecule has 1 saturated carbocycles. The topological polar surface area (TPSA) is 38.9 Å².